The first-order valence-electron chi connectivity index (χ1n) is 6.85. The number of benzene rings is 2. The minimum atomic E-state index is 0.627. The fourth-order valence-corrected chi connectivity index (χ4v) is 2.32. The van der Waals surface area contributed by atoms with Crippen molar-refractivity contribution in [2.45, 2.75) is 19.4 Å². The largest absolute Gasteiger partial charge is 0.497 e. The van der Waals surface area contributed by atoms with E-state index in [-0.39, 0.29) is 0 Å². The van der Waals surface area contributed by atoms with Crippen molar-refractivity contribution in [3.05, 3.63) is 42.0 Å². The quantitative estimate of drug-likeness (QED) is 0.751. The van der Waals surface area contributed by atoms with Crippen molar-refractivity contribution in [3.63, 3.8) is 0 Å². The molecule has 20 heavy (non-hydrogen) atoms. The highest BCUT2D eigenvalue weighted by molar-refractivity contribution is 5.84. The molecule has 3 nitrogen and oxygen atoms in total. The Balaban J connectivity index is 2.06. The molecule has 0 radical (unpaired) electrons. The van der Waals surface area contributed by atoms with E-state index in [2.05, 4.69) is 48.3 Å². The second-order valence-electron chi connectivity index (χ2n) is 5.05. The van der Waals surface area contributed by atoms with Crippen LogP contribution in [0.25, 0.3) is 10.8 Å². The predicted molar refractivity (Wildman–Crippen MR) is 81.7 cm³/mol. The van der Waals surface area contributed by atoms with E-state index in [4.69, 9.17) is 10.00 Å². The van der Waals surface area contributed by atoms with Gasteiger partial charge in [-0.2, -0.15) is 5.26 Å². The molecule has 104 valence electrons. The zero-order valence-corrected chi connectivity index (χ0v) is 12.1. The van der Waals surface area contributed by atoms with Crippen LogP contribution in [0.1, 0.15) is 18.4 Å². The van der Waals surface area contributed by atoms with Gasteiger partial charge in [-0.3, -0.25) is 0 Å². The van der Waals surface area contributed by atoms with E-state index < -0.39 is 0 Å². The molecule has 0 heterocycles. The van der Waals surface area contributed by atoms with Gasteiger partial charge in [-0.15, -0.1) is 0 Å². The van der Waals surface area contributed by atoms with E-state index in [1.54, 1.807) is 7.11 Å². The second-order valence-corrected chi connectivity index (χ2v) is 5.05. The van der Waals surface area contributed by atoms with Crippen molar-refractivity contribution in [2.75, 3.05) is 20.7 Å². The zero-order chi connectivity index (χ0) is 14.4. The van der Waals surface area contributed by atoms with Crippen LogP contribution in [0.2, 0.25) is 0 Å². The molecule has 2 aromatic rings. The van der Waals surface area contributed by atoms with E-state index in [0.717, 1.165) is 25.3 Å². The van der Waals surface area contributed by atoms with Crippen molar-refractivity contribution >= 4 is 10.8 Å². The van der Waals surface area contributed by atoms with Crippen molar-refractivity contribution in [2.24, 2.45) is 0 Å². The maximum atomic E-state index is 8.55. The summed E-state index contributed by atoms with van der Waals surface area (Å²) in [5, 5.41) is 11.0. The standard InChI is InChI=1S/C17H20N2O/c1-19(10-4-3-9-18)13-14-5-6-16-12-17(20-2)8-7-15(16)11-14/h5-8,11-12H,3-4,10,13H2,1-2H3. The Hall–Kier alpha value is -2.05. The number of hydrogen-bond acceptors (Lipinski definition) is 3. The fraction of sp³-hybridized carbons (Fsp3) is 0.353. The van der Waals surface area contributed by atoms with Crippen LogP contribution in [0, 0.1) is 11.3 Å². The monoisotopic (exact) mass is 268 g/mol. The summed E-state index contributed by atoms with van der Waals surface area (Å²) in [6.45, 7) is 1.86. The normalized spacial score (nSPS) is 10.7. The van der Waals surface area contributed by atoms with Gasteiger partial charge in [0.05, 0.1) is 13.2 Å². The highest BCUT2D eigenvalue weighted by Crippen LogP contribution is 2.22. The van der Waals surface area contributed by atoms with Crippen molar-refractivity contribution in [3.8, 4) is 11.8 Å². The van der Waals surface area contributed by atoms with Crippen LogP contribution < -0.4 is 4.74 Å². The molecule has 2 rings (SSSR count). The Morgan fingerprint density at radius 3 is 2.65 bits per heavy atom. The van der Waals surface area contributed by atoms with Gasteiger partial charge in [0.2, 0.25) is 0 Å². The number of ether oxygens (including phenoxy) is 1. The van der Waals surface area contributed by atoms with Gasteiger partial charge < -0.3 is 9.64 Å². The number of hydrogen-bond donors (Lipinski definition) is 0. The SMILES string of the molecule is COc1ccc2cc(CN(C)CCCC#N)ccc2c1. The molecule has 0 fully saturated rings. The molecule has 0 N–H and O–H groups in total. The first kappa shape index (κ1) is 14.4. The van der Waals surface area contributed by atoms with Crippen molar-refractivity contribution in [1.29, 1.82) is 5.26 Å². The molecule has 3 heteroatoms. The number of methoxy groups -OCH3 is 1. The minimum Gasteiger partial charge on any atom is -0.497 e. The van der Waals surface area contributed by atoms with Crippen molar-refractivity contribution in [1.82, 2.24) is 4.90 Å². The molecule has 0 saturated carbocycles. The van der Waals surface area contributed by atoms with E-state index >= 15 is 0 Å². The molecule has 0 aliphatic carbocycles. The highest BCUT2D eigenvalue weighted by Gasteiger charge is 2.02. The highest BCUT2D eigenvalue weighted by atomic mass is 16.5. The maximum Gasteiger partial charge on any atom is 0.119 e. The fourth-order valence-electron chi connectivity index (χ4n) is 2.32. The Kier molecular flexibility index (Phi) is 4.97. The summed E-state index contributed by atoms with van der Waals surface area (Å²) in [5.74, 6) is 0.888. The van der Waals surface area contributed by atoms with Crippen molar-refractivity contribution < 1.29 is 4.74 Å². The molecule has 2 aromatic carbocycles. The number of fused-ring (bicyclic) bond motifs is 1. The molecular formula is C17H20N2O. The zero-order valence-electron chi connectivity index (χ0n) is 12.1. The van der Waals surface area contributed by atoms with Crippen LogP contribution in [0.5, 0.6) is 5.75 Å². The first-order chi connectivity index (χ1) is 9.72. The van der Waals surface area contributed by atoms with Gasteiger partial charge in [-0.1, -0.05) is 18.2 Å². The third-order valence-corrected chi connectivity index (χ3v) is 3.39. The molecule has 0 bridgehead atoms. The molecular weight excluding hydrogens is 248 g/mol. The molecule has 0 spiro atoms. The maximum absolute atomic E-state index is 8.55. The third kappa shape index (κ3) is 3.72. The average molecular weight is 268 g/mol. The summed E-state index contributed by atoms with van der Waals surface area (Å²) < 4.78 is 5.24. The topological polar surface area (TPSA) is 36.3 Å². The van der Waals surface area contributed by atoms with Crippen LogP contribution in [0.4, 0.5) is 0 Å². The lowest BCUT2D eigenvalue weighted by Gasteiger charge is -2.16. The molecule has 0 aliphatic heterocycles. The molecule has 0 aromatic heterocycles. The Morgan fingerprint density at radius 2 is 1.90 bits per heavy atom. The van der Waals surface area contributed by atoms with Gasteiger partial charge in [-0.25, -0.2) is 0 Å². The van der Waals surface area contributed by atoms with Gasteiger partial charge >= 0.3 is 0 Å². The van der Waals surface area contributed by atoms with Gasteiger partial charge in [-0.05, 0) is 54.5 Å². The average Bonchev–Trinajstić information content (AvgIpc) is 2.47. The molecule has 0 unspecified atom stereocenters. The third-order valence-electron chi connectivity index (χ3n) is 3.39. The summed E-state index contributed by atoms with van der Waals surface area (Å²) >= 11 is 0. The number of nitrogens with zero attached hydrogens (tertiary/aromatic N) is 2. The Morgan fingerprint density at radius 1 is 1.15 bits per heavy atom. The smallest absolute Gasteiger partial charge is 0.119 e. The van der Waals surface area contributed by atoms with Crippen LogP contribution >= 0.6 is 0 Å². The Bertz CT molecular complexity index is 616. The summed E-state index contributed by atoms with van der Waals surface area (Å²) in [6, 6.07) is 14.8. The molecule has 0 aliphatic rings. The van der Waals surface area contributed by atoms with E-state index in [1.165, 1.54) is 16.3 Å². The van der Waals surface area contributed by atoms with Crippen LogP contribution in [-0.2, 0) is 6.54 Å². The van der Waals surface area contributed by atoms with Crippen LogP contribution in [0.15, 0.2) is 36.4 Å². The predicted octanol–water partition coefficient (Wildman–Crippen LogP) is 3.58. The lowest BCUT2D eigenvalue weighted by Crippen LogP contribution is -2.18. The minimum absolute atomic E-state index is 0.627. The summed E-state index contributed by atoms with van der Waals surface area (Å²) in [6.07, 6.45) is 1.56. The number of nitriles is 1. The second kappa shape index (κ2) is 6.93. The lowest BCUT2D eigenvalue weighted by molar-refractivity contribution is 0.324. The van der Waals surface area contributed by atoms with Gasteiger partial charge in [0.15, 0.2) is 0 Å². The summed E-state index contributed by atoms with van der Waals surface area (Å²) in [5.41, 5.74) is 1.29. The molecule has 0 saturated heterocycles. The Labute approximate surface area is 120 Å². The van der Waals surface area contributed by atoms with E-state index in [9.17, 15) is 0 Å². The van der Waals surface area contributed by atoms with Gasteiger partial charge in [0, 0.05) is 13.0 Å². The first-order valence-corrected chi connectivity index (χ1v) is 6.85. The van der Waals surface area contributed by atoms with Crippen LogP contribution in [-0.4, -0.2) is 25.6 Å². The number of unbranched alkanes of at least 4 members (excludes halogenated alkanes) is 1. The molecule has 0 amide bonds. The van der Waals surface area contributed by atoms with E-state index in [0.29, 0.717) is 6.42 Å². The lowest BCUT2D eigenvalue weighted by atomic mass is 10.1. The number of rotatable bonds is 6. The summed E-state index contributed by atoms with van der Waals surface area (Å²) in [7, 11) is 3.78. The molecule has 0 atom stereocenters. The summed E-state index contributed by atoms with van der Waals surface area (Å²) in [4.78, 5) is 2.25. The van der Waals surface area contributed by atoms with E-state index in [1.807, 2.05) is 6.07 Å². The van der Waals surface area contributed by atoms with Crippen LogP contribution in [0.3, 0.4) is 0 Å². The van der Waals surface area contributed by atoms with Gasteiger partial charge in [0.25, 0.3) is 0 Å². The van der Waals surface area contributed by atoms with Gasteiger partial charge in [0.1, 0.15) is 5.75 Å².